The van der Waals surface area contributed by atoms with Crippen molar-refractivity contribution in [1.82, 2.24) is 9.78 Å². The molecule has 0 aliphatic rings. The zero-order valence-corrected chi connectivity index (χ0v) is 12.5. The first kappa shape index (κ1) is 14.8. The van der Waals surface area contributed by atoms with Crippen LogP contribution in [0.2, 0.25) is 5.02 Å². The molecule has 0 unspecified atom stereocenters. The molecule has 0 amide bonds. The third-order valence-corrected chi connectivity index (χ3v) is 3.57. The Labute approximate surface area is 137 Å². The predicted molar refractivity (Wildman–Crippen MR) is 85.7 cm³/mol. The number of hydrogen-bond donors (Lipinski definition) is 1. The van der Waals surface area contributed by atoms with Crippen LogP contribution in [0.1, 0.15) is 16.1 Å². The molecular weight excluding hydrogens is 314 g/mol. The smallest absolute Gasteiger partial charge is 0.335 e. The number of hydrogen-bond acceptors (Lipinski definition) is 3. The number of carboxylic acid groups (broad SMARTS) is 1. The van der Waals surface area contributed by atoms with Crippen LogP contribution in [0.15, 0.2) is 54.6 Å². The molecular formula is C17H10ClN3O2. The summed E-state index contributed by atoms with van der Waals surface area (Å²) in [5.41, 5.74) is 2.63. The van der Waals surface area contributed by atoms with Gasteiger partial charge in [-0.2, -0.15) is 10.4 Å². The first-order chi connectivity index (χ1) is 11.1. The summed E-state index contributed by atoms with van der Waals surface area (Å²) in [7, 11) is 0. The minimum absolute atomic E-state index is 0.200. The molecule has 0 radical (unpaired) electrons. The molecule has 0 saturated carbocycles. The first-order valence-corrected chi connectivity index (χ1v) is 7.06. The fraction of sp³-hybridized carbons (Fsp3) is 0. The molecule has 1 N–H and O–H groups in total. The molecule has 23 heavy (non-hydrogen) atoms. The lowest BCUT2D eigenvalue weighted by Crippen LogP contribution is -1.99. The molecule has 0 bridgehead atoms. The van der Waals surface area contributed by atoms with Crippen molar-refractivity contribution in [3.8, 4) is 23.0 Å². The number of nitriles is 1. The third kappa shape index (κ3) is 2.93. The highest BCUT2D eigenvalue weighted by Crippen LogP contribution is 2.22. The average Bonchev–Trinajstić information content (AvgIpc) is 3.00. The van der Waals surface area contributed by atoms with Crippen molar-refractivity contribution >= 4 is 17.6 Å². The molecule has 3 rings (SSSR count). The molecule has 1 heterocycles. The maximum Gasteiger partial charge on any atom is 0.335 e. The fourth-order valence-corrected chi connectivity index (χ4v) is 2.29. The van der Waals surface area contributed by atoms with E-state index < -0.39 is 5.97 Å². The summed E-state index contributed by atoms with van der Waals surface area (Å²) < 4.78 is 1.52. The molecule has 0 fully saturated rings. The van der Waals surface area contributed by atoms with Crippen LogP contribution in [0, 0.1) is 11.3 Å². The Morgan fingerprint density at radius 1 is 1.13 bits per heavy atom. The molecule has 2 aromatic carbocycles. The van der Waals surface area contributed by atoms with Crippen molar-refractivity contribution in [3.05, 3.63) is 70.9 Å². The van der Waals surface area contributed by atoms with Gasteiger partial charge in [-0.15, -0.1) is 0 Å². The van der Waals surface area contributed by atoms with Crippen molar-refractivity contribution < 1.29 is 9.90 Å². The Hall–Kier alpha value is -3.10. The normalized spacial score (nSPS) is 10.3. The van der Waals surface area contributed by atoms with E-state index in [0.717, 1.165) is 11.3 Å². The molecule has 0 aliphatic carbocycles. The van der Waals surface area contributed by atoms with Gasteiger partial charge in [0.15, 0.2) is 0 Å². The summed E-state index contributed by atoms with van der Waals surface area (Å²) in [6.07, 6.45) is 0. The number of rotatable bonds is 3. The monoisotopic (exact) mass is 323 g/mol. The topological polar surface area (TPSA) is 78.9 Å². The fourth-order valence-electron chi connectivity index (χ4n) is 2.16. The Balaban J connectivity index is 2.03. The van der Waals surface area contributed by atoms with Crippen LogP contribution in [-0.2, 0) is 0 Å². The summed E-state index contributed by atoms with van der Waals surface area (Å²) in [6.45, 7) is 0. The molecule has 0 aliphatic heterocycles. The number of carbonyl (C=O) groups is 1. The molecule has 0 saturated heterocycles. The van der Waals surface area contributed by atoms with Crippen LogP contribution < -0.4 is 0 Å². The van der Waals surface area contributed by atoms with Gasteiger partial charge in [0.05, 0.1) is 16.9 Å². The Kier molecular flexibility index (Phi) is 3.83. The van der Waals surface area contributed by atoms with E-state index in [4.69, 9.17) is 16.7 Å². The van der Waals surface area contributed by atoms with Gasteiger partial charge in [0, 0.05) is 16.7 Å². The zero-order valence-electron chi connectivity index (χ0n) is 11.8. The second kappa shape index (κ2) is 5.95. The first-order valence-electron chi connectivity index (χ1n) is 6.68. The van der Waals surface area contributed by atoms with Gasteiger partial charge in [-0.05, 0) is 36.4 Å². The number of halogens is 1. The lowest BCUT2D eigenvalue weighted by Gasteiger charge is -2.02. The van der Waals surface area contributed by atoms with Gasteiger partial charge < -0.3 is 5.11 Å². The highest BCUT2D eigenvalue weighted by Gasteiger charge is 2.11. The Morgan fingerprint density at radius 2 is 1.78 bits per heavy atom. The Morgan fingerprint density at radius 3 is 2.35 bits per heavy atom. The maximum atomic E-state index is 10.9. The van der Waals surface area contributed by atoms with Crippen molar-refractivity contribution in [2.24, 2.45) is 0 Å². The minimum atomic E-state index is -0.985. The van der Waals surface area contributed by atoms with Gasteiger partial charge in [0.1, 0.15) is 11.8 Å². The van der Waals surface area contributed by atoms with Crippen molar-refractivity contribution in [1.29, 1.82) is 5.26 Å². The van der Waals surface area contributed by atoms with Gasteiger partial charge in [0.25, 0.3) is 0 Å². The molecule has 112 valence electrons. The van der Waals surface area contributed by atoms with Crippen LogP contribution in [0.5, 0.6) is 0 Å². The van der Waals surface area contributed by atoms with Crippen LogP contribution in [0.25, 0.3) is 16.9 Å². The molecule has 5 nitrogen and oxygen atoms in total. The standard InChI is InChI=1S/C17H10ClN3O2/c18-13-5-7-14(8-6-13)21-15(10-19)9-16(20-21)11-1-3-12(4-2-11)17(22)23/h1-9H,(H,22,23). The summed E-state index contributed by atoms with van der Waals surface area (Å²) in [5.74, 6) is -0.985. The summed E-state index contributed by atoms with van der Waals surface area (Å²) in [5, 5.41) is 23.3. The highest BCUT2D eigenvalue weighted by atomic mass is 35.5. The average molecular weight is 324 g/mol. The number of aromatic carboxylic acids is 1. The van der Waals surface area contributed by atoms with Gasteiger partial charge in [-0.25, -0.2) is 9.48 Å². The highest BCUT2D eigenvalue weighted by molar-refractivity contribution is 6.30. The molecule has 0 atom stereocenters. The number of nitrogens with zero attached hydrogens (tertiary/aromatic N) is 3. The Bertz CT molecular complexity index is 907. The summed E-state index contributed by atoms with van der Waals surface area (Å²) in [6, 6.07) is 17.1. The van der Waals surface area contributed by atoms with E-state index in [1.807, 2.05) is 0 Å². The quantitative estimate of drug-likeness (QED) is 0.795. The second-order valence-corrected chi connectivity index (χ2v) is 5.23. The van der Waals surface area contributed by atoms with Gasteiger partial charge in [-0.3, -0.25) is 0 Å². The second-order valence-electron chi connectivity index (χ2n) is 4.80. The van der Waals surface area contributed by atoms with E-state index in [1.165, 1.54) is 16.8 Å². The molecule has 1 aromatic heterocycles. The summed E-state index contributed by atoms with van der Waals surface area (Å²) >= 11 is 5.87. The lowest BCUT2D eigenvalue weighted by molar-refractivity contribution is 0.0697. The van der Waals surface area contributed by atoms with E-state index in [0.29, 0.717) is 16.4 Å². The minimum Gasteiger partial charge on any atom is -0.478 e. The van der Waals surface area contributed by atoms with Gasteiger partial charge in [0.2, 0.25) is 0 Å². The summed E-state index contributed by atoms with van der Waals surface area (Å²) in [4.78, 5) is 10.9. The van der Waals surface area contributed by atoms with E-state index >= 15 is 0 Å². The van der Waals surface area contributed by atoms with Gasteiger partial charge >= 0.3 is 5.97 Å². The molecule has 6 heteroatoms. The van der Waals surface area contributed by atoms with E-state index in [2.05, 4.69) is 11.2 Å². The van der Waals surface area contributed by atoms with Crippen LogP contribution in [0.3, 0.4) is 0 Å². The van der Waals surface area contributed by atoms with E-state index in [-0.39, 0.29) is 5.56 Å². The molecule has 3 aromatic rings. The number of carboxylic acids is 1. The molecule has 0 spiro atoms. The SMILES string of the molecule is N#Cc1cc(-c2ccc(C(=O)O)cc2)nn1-c1ccc(Cl)cc1. The van der Waals surface area contributed by atoms with E-state index in [9.17, 15) is 10.1 Å². The van der Waals surface area contributed by atoms with Crippen LogP contribution in [0.4, 0.5) is 0 Å². The van der Waals surface area contributed by atoms with Crippen LogP contribution >= 0.6 is 11.6 Å². The number of aromatic nitrogens is 2. The predicted octanol–water partition coefficient (Wildman–Crippen LogP) is 3.76. The van der Waals surface area contributed by atoms with Crippen LogP contribution in [-0.4, -0.2) is 20.9 Å². The lowest BCUT2D eigenvalue weighted by atomic mass is 10.1. The van der Waals surface area contributed by atoms with E-state index in [1.54, 1.807) is 42.5 Å². The number of benzene rings is 2. The third-order valence-electron chi connectivity index (χ3n) is 3.32. The van der Waals surface area contributed by atoms with Crippen molar-refractivity contribution in [2.75, 3.05) is 0 Å². The largest absolute Gasteiger partial charge is 0.478 e. The zero-order chi connectivity index (χ0) is 16.4. The van der Waals surface area contributed by atoms with Crippen molar-refractivity contribution in [2.45, 2.75) is 0 Å². The maximum absolute atomic E-state index is 10.9. The van der Waals surface area contributed by atoms with Crippen molar-refractivity contribution in [3.63, 3.8) is 0 Å². The van der Waals surface area contributed by atoms with Gasteiger partial charge in [-0.1, -0.05) is 23.7 Å².